The lowest BCUT2D eigenvalue weighted by molar-refractivity contribution is -0.271. The molecule has 4 amide bonds. The lowest BCUT2D eigenvalue weighted by Crippen LogP contribution is -2.63. The molecule has 0 bridgehead atoms. The number of ketones is 2. The van der Waals surface area contributed by atoms with Gasteiger partial charge in [-0.15, -0.1) is 11.3 Å². The number of carboxylic acids is 1. The summed E-state index contributed by atoms with van der Waals surface area (Å²) in [5.74, 6) is 2.23. The van der Waals surface area contributed by atoms with Gasteiger partial charge < -0.3 is 69.9 Å². The third kappa shape index (κ3) is 12.2. The van der Waals surface area contributed by atoms with E-state index >= 15 is 0 Å². The first-order valence-corrected chi connectivity index (χ1v) is 31.3. The number of ether oxygens (including phenoxy) is 5. The molecule has 23 nitrogen and oxygen atoms in total. The molecule has 1 aromatic heterocycles. The molecule has 0 unspecified atom stereocenters. The number of benzene rings is 4. The molecule has 4 heterocycles. The maximum absolute atomic E-state index is 14.1. The van der Waals surface area contributed by atoms with E-state index in [4.69, 9.17) is 23.7 Å². The second-order valence-electron chi connectivity index (χ2n) is 24.8. The van der Waals surface area contributed by atoms with E-state index in [1.807, 2.05) is 55.5 Å². The van der Waals surface area contributed by atoms with E-state index in [-0.39, 0.29) is 86.3 Å². The summed E-state index contributed by atoms with van der Waals surface area (Å²) in [5, 5.41) is 72.4. The first kappa shape index (κ1) is 63.7. The van der Waals surface area contributed by atoms with Crippen LogP contribution in [0.25, 0.3) is 0 Å². The first-order chi connectivity index (χ1) is 44.2. The number of nitrogens with zero attached hydrogens (tertiary/aromatic N) is 2. The molecule has 2 saturated heterocycles. The number of carboxylic acid groups (broad SMARTS) is 1. The number of carbonyl (C=O) groups is 7. The number of allylic oxidation sites excluding steroid dienone is 4. The number of aliphatic carboxylic acids is 1. The van der Waals surface area contributed by atoms with Gasteiger partial charge in [0, 0.05) is 72.0 Å². The van der Waals surface area contributed by atoms with Gasteiger partial charge >= 0.3 is 12.1 Å². The van der Waals surface area contributed by atoms with Crippen LogP contribution in [0.15, 0.2) is 121 Å². The van der Waals surface area contributed by atoms with Crippen LogP contribution in [0, 0.1) is 40.4 Å². The number of thiazole rings is 1. The van der Waals surface area contributed by atoms with Crippen LogP contribution in [0.2, 0.25) is 0 Å². The number of fused-ring (bicyclic) bond motifs is 9. The van der Waals surface area contributed by atoms with Crippen molar-refractivity contribution in [3.8, 4) is 17.6 Å². The van der Waals surface area contributed by atoms with Crippen LogP contribution in [0.5, 0.6) is 5.75 Å². The second-order valence-corrected chi connectivity index (χ2v) is 26.0. The molecule has 24 heteroatoms. The zero-order valence-corrected chi connectivity index (χ0v) is 51.0. The molecule has 4 aliphatic carbocycles. The monoisotopic (exact) mass is 1280 g/mol. The third-order valence-corrected chi connectivity index (χ3v) is 20.3. The van der Waals surface area contributed by atoms with Gasteiger partial charge in [-0.05, 0) is 109 Å². The van der Waals surface area contributed by atoms with Gasteiger partial charge in [0.25, 0.3) is 0 Å². The van der Waals surface area contributed by atoms with Gasteiger partial charge in [0.15, 0.2) is 29.6 Å². The Balaban J connectivity index is 0.664. The maximum Gasteiger partial charge on any atom is 0.411 e. The number of nitrogens with one attached hydrogen (secondary N) is 3. The molecule has 480 valence electrons. The minimum atomic E-state index is -2.01. The number of rotatable bonds is 18. The Labute approximate surface area is 532 Å². The summed E-state index contributed by atoms with van der Waals surface area (Å²) in [7, 11) is 0. The topological polar surface area (TPSA) is 339 Å². The highest BCUT2D eigenvalue weighted by Gasteiger charge is 2.76. The van der Waals surface area contributed by atoms with Crippen LogP contribution in [0.3, 0.4) is 0 Å². The molecular weight excluding hydrogens is 1210 g/mol. The van der Waals surface area contributed by atoms with Crippen LogP contribution in [-0.2, 0) is 67.3 Å². The number of carbonyl (C=O) groups excluding carboxylic acids is 6. The van der Waals surface area contributed by atoms with E-state index in [0.29, 0.717) is 51.6 Å². The number of amides is 4. The second kappa shape index (κ2) is 25.9. The Morgan fingerprint density at radius 2 is 1.63 bits per heavy atom. The van der Waals surface area contributed by atoms with Crippen LogP contribution in [0.1, 0.15) is 103 Å². The Morgan fingerprint density at radius 1 is 0.848 bits per heavy atom. The zero-order valence-electron chi connectivity index (χ0n) is 50.2. The van der Waals surface area contributed by atoms with Crippen LogP contribution in [-0.4, -0.2) is 139 Å². The number of aliphatic hydroxyl groups excluding tert-OH is 5. The Bertz CT molecular complexity index is 3900. The van der Waals surface area contributed by atoms with Crippen molar-refractivity contribution in [1.29, 1.82) is 0 Å². The summed E-state index contributed by atoms with van der Waals surface area (Å²) < 4.78 is 30.2. The van der Waals surface area contributed by atoms with Gasteiger partial charge in [-0.1, -0.05) is 85.9 Å². The van der Waals surface area contributed by atoms with E-state index in [9.17, 15) is 64.2 Å². The van der Waals surface area contributed by atoms with Crippen molar-refractivity contribution in [3.63, 3.8) is 0 Å². The molecule has 0 spiro atoms. The number of aromatic nitrogens is 1. The molecule has 7 aliphatic rings. The van der Waals surface area contributed by atoms with Crippen LogP contribution < -0.4 is 25.6 Å². The van der Waals surface area contributed by atoms with E-state index in [2.05, 4.69) is 39.7 Å². The fourth-order valence-electron chi connectivity index (χ4n) is 14.9. The number of hydrogen-bond acceptors (Lipinski definition) is 19. The maximum atomic E-state index is 14.1. The van der Waals surface area contributed by atoms with E-state index in [1.165, 1.54) is 29.5 Å². The summed E-state index contributed by atoms with van der Waals surface area (Å²) in [4.78, 5) is 99.0. The van der Waals surface area contributed by atoms with Gasteiger partial charge in [0.1, 0.15) is 37.3 Å². The number of anilines is 3. The standard InChI is InChI=1S/C68H69N5O18S/c1-66-24-22-43(75)29-41(66)17-18-44-45-30-52-68(51(77)34-74,67(45,2)31-48(76)57(44)66)91-63(89-52)50-32-70-55(92-50)28-36-8-7-12-42(26-36)71-65(86)87-35-37-14-19-49(88-64-60(83)58(81)59(82)61(90-64)62(84)85)46(27-37)72-54(79)23-25-69-53(78)20-21-56(80)73-33-40-11-4-3-9-38(40)15-16-39-10-5-6-13-47(39)73/h3-14,19,22,24,26-27,29,32,44-45,48,52,57-61,63-64,74,76,81-83H,17-18,20-21,23,25,28,30-31,33-35H2,1-2H3,(H,69,78)(H,71,86)(H,72,79)(H,84,85)/t44-,45-,48-,52+,57+,58-,59-,60+,61-,63+,64+,66-,67-,68+/m0/s1. The number of aliphatic hydroxyl groups is 5. The van der Waals surface area contributed by atoms with E-state index < -0.39 is 102 Å². The van der Waals surface area contributed by atoms with Crippen molar-refractivity contribution >= 4 is 69.7 Å². The van der Waals surface area contributed by atoms with Gasteiger partial charge in [-0.3, -0.25) is 29.3 Å². The van der Waals surface area contributed by atoms with Gasteiger partial charge in [0.2, 0.25) is 24.0 Å². The third-order valence-electron chi connectivity index (χ3n) is 19.3. The average molecular weight is 1280 g/mol. The molecule has 92 heavy (non-hydrogen) atoms. The molecule has 5 aromatic rings. The summed E-state index contributed by atoms with van der Waals surface area (Å²) in [6.07, 6.45) is -4.45. The minimum Gasteiger partial charge on any atom is -0.479 e. The van der Waals surface area contributed by atoms with Crippen molar-refractivity contribution in [2.24, 2.45) is 28.6 Å². The average Bonchev–Trinajstić information content (AvgIpc) is 1.48. The predicted octanol–water partition coefficient (Wildman–Crippen LogP) is 5.53. The molecule has 4 aromatic carbocycles. The van der Waals surface area contributed by atoms with Crippen molar-refractivity contribution in [3.05, 3.63) is 159 Å². The van der Waals surface area contributed by atoms with E-state index in [1.54, 1.807) is 53.6 Å². The molecule has 3 aliphatic heterocycles. The number of hydrogen-bond donors (Lipinski definition) is 9. The van der Waals surface area contributed by atoms with Crippen molar-refractivity contribution in [2.75, 3.05) is 28.7 Å². The van der Waals surface area contributed by atoms with Gasteiger partial charge in [-0.25, -0.2) is 14.6 Å². The molecule has 14 atom stereocenters. The summed E-state index contributed by atoms with van der Waals surface area (Å²) in [6.45, 7) is 3.02. The molecule has 3 saturated carbocycles. The first-order valence-electron chi connectivity index (χ1n) is 30.5. The Hall–Kier alpha value is -8.48. The van der Waals surface area contributed by atoms with Crippen LogP contribution >= 0.6 is 11.3 Å². The molecule has 5 fully saturated rings. The fourth-order valence-corrected chi connectivity index (χ4v) is 15.8. The number of para-hydroxylation sites is 1. The van der Waals surface area contributed by atoms with Crippen molar-refractivity contribution < 1.29 is 87.9 Å². The van der Waals surface area contributed by atoms with Gasteiger partial charge in [0.05, 0.1) is 40.0 Å². The van der Waals surface area contributed by atoms with Crippen molar-refractivity contribution in [1.82, 2.24) is 10.3 Å². The summed E-state index contributed by atoms with van der Waals surface area (Å²) in [6, 6.07) is 25.9. The smallest absolute Gasteiger partial charge is 0.411 e. The van der Waals surface area contributed by atoms with Crippen molar-refractivity contribution in [2.45, 2.75) is 133 Å². The summed E-state index contributed by atoms with van der Waals surface area (Å²) in [5.41, 5.74) is 2.39. The lowest BCUT2D eigenvalue weighted by Gasteiger charge is -2.59. The zero-order chi connectivity index (χ0) is 64.8. The Kier molecular flexibility index (Phi) is 17.9. The fraction of sp³-hybridized carbons (Fsp3) is 0.412. The minimum absolute atomic E-state index is 0.00429. The van der Waals surface area contributed by atoms with Crippen LogP contribution in [0.4, 0.5) is 21.9 Å². The Morgan fingerprint density at radius 3 is 2.43 bits per heavy atom. The predicted molar refractivity (Wildman–Crippen MR) is 329 cm³/mol. The molecule has 0 radical (unpaired) electrons. The quantitative estimate of drug-likeness (QED) is 0.0487. The largest absolute Gasteiger partial charge is 0.479 e. The number of Topliss-reactive ketones (excluding diaryl/α,β-unsaturated/α-hetero) is 1. The molecular formula is C68H69N5O18S. The normalized spacial score (nSPS) is 29.8. The highest BCUT2D eigenvalue weighted by molar-refractivity contribution is 7.11. The summed E-state index contributed by atoms with van der Waals surface area (Å²) >= 11 is 1.32. The highest BCUT2D eigenvalue weighted by Crippen LogP contribution is 2.70. The van der Waals surface area contributed by atoms with Gasteiger partial charge in [-0.2, -0.15) is 0 Å². The highest BCUT2D eigenvalue weighted by atomic mass is 32.1. The molecule has 9 N–H and O–H groups in total. The lowest BCUT2D eigenvalue weighted by atomic mass is 9.46. The SMILES string of the molecule is C[C@]12C=CC(=O)C=C1CC[C@@H]1[C@@H]2[C@@H](O)C[C@@]2(C)[C@H]1C[C@H]1O[C@@H](c3cnc(Cc4cccc(NC(=O)OCc5ccc(O[C@@H]6O[C@H](C(=O)O)[C@@H](O)[C@H](O)[C@H]6O)c(NC(=O)CCNC(=O)CCC(=O)N6Cc7ccccc7C#Cc7ccccc76)c5)c4)s3)O[C@]12C(=O)CO. The molecule has 12 rings (SSSR count). The van der Waals surface area contributed by atoms with E-state index in [0.717, 1.165) is 28.7 Å².